The molecule has 1 fully saturated rings. The van der Waals surface area contributed by atoms with Crippen LogP contribution in [0.2, 0.25) is 0 Å². The number of hydrogen-bond acceptors (Lipinski definition) is 3. The van der Waals surface area contributed by atoms with Crippen LogP contribution in [0.1, 0.15) is 18.4 Å². The SMILES string of the molecule is OC(CCCc1ccccc1)C1CSCCO1. The Morgan fingerprint density at radius 2 is 2.18 bits per heavy atom. The molecule has 1 aromatic rings. The van der Waals surface area contributed by atoms with Crippen molar-refractivity contribution < 1.29 is 9.84 Å². The number of aliphatic hydroxyl groups is 1. The van der Waals surface area contributed by atoms with Gasteiger partial charge in [-0.25, -0.2) is 0 Å². The highest BCUT2D eigenvalue weighted by Gasteiger charge is 2.22. The highest BCUT2D eigenvalue weighted by atomic mass is 32.2. The number of hydrogen-bond donors (Lipinski definition) is 1. The topological polar surface area (TPSA) is 29.5 Å². The first-order valence-corrected chi connectivity index (χ1v) is 7.43. The van der Waals surface area contributed by atoms with Gasteiger partial charge >= 0.3 is 0 Å². The summed E-state index contributed by atoms with van der Waals surface area (Å²) in [7, 11) is 0. The van der Waals surface area contributed by atoms with Crippen LogP contribution in [0, 0.1) is 0 Å². The predicted molar refractivity (Wildman–Crippen MR) is 72.5 cm³/mol. The van der Waals surface area contributed by atoms with E-state index in [0.29, 0.717) is 0 Å². The van der Waals surface area contributed by atoms with Crippen molar-refractivity contribution in [2.45, 2.75) is 31.5 Å². The Bertz CT molecular complexity index is 309. The van der Waals surface area contributed by atoms with Gasteiger partial charge < -0.3 is 9.84 Å². The highest BCUT2D eigenvalue weighted by molar-refractivity contribution is 7.99. The van der Waals surface area contributed by atoms with Gasteiger partial charge in [0.15, 0.2) is 0 Å². The van der Waals surface area contributed by atoms with E-state index in [1.54, 1.807) is 0 Å². The van der Waals surface area contributed by atoms with Crippen LogP contribution in [0.5, 0.6) is 0 Å². The lowest BCUT2D eigenvalue weighted by molar-refractivity contribution is -0.0253. The summed E-state index contributed by atoms with van der Waals surface area (Å²) in [5.74, 6) is 2.00. The minimum Gasteiger partial charge on any atom is -0.390 e. The number of ether oxygens (including phenoxy) is 1. The number of aryl methyl sites for hydroxylation is 1. The fourth-order valence-electron chi connectivity index (χ4n) is 2.07. The maximum Gasteiger partial charge on any atom is 0.0924 e. The van der Waals surface area contributed by atoms with Crippen molar-refractivity contribution in [3.05, 3.63) is 35.9 Å². The number of benzene rings is 1. The van der Waals surface area contributed by atoms with Crippen molar-refractivity contribution in [2.75, 3.05) is 18.1 Å². The largest absolute Gasteiger partial charge is 0.390 e. The Morgan fingerprint density at radius 1 is 1.35 bits per heavy atom. The van der Waals surface area contributed by atoms with E-state index in [2.05, 4.69) is 24.3 Å². The summed E-state index contributed by atoms with van der Waals surface area (Å²) < 4.78 is 5.57. The van der Waals surface area contributed by atoms with Crippen molar-refractivity contribution >= 4 is 11.8 Å². The van der Waals surface area contributed by atoms with Crippen LogP contribution >= 0.6 is 11.8 Å². The van der Waals surface area contributed by atoms with Crippen LogP contribution in [0.25, 0.3) is 0 Å². The van der Waals surface area contributed by atoms with Crippen LogP contribution in [-0.2, 0) is 11.2 Å². The first-order valence-electron chi connectivity index (χ1n) is 6.27. The summed E-state index contributed by atoms with van der Waals surface area (Å²) in [5, 5.41) is 10.0. The molecule has 0 aliphatic carbocycles. The maximum atomic E-state index is 10.0. The van der Waals surface area contributed by atoms with E-state index >= 15 is 0 Å². The van der Waals surface area contributed by atoms with Gasteiger partial charge in [0.1, 0.15) is 0 Å². The smallest absolute Gasteiger partial charge is 0.0924 e. The van der Waals surface area contributed by atoms with Gasteiger partial charge in [-0.3, -0.25) is 0 Å². The van der Waals surface area contributed by atoms with E-state index in [1.165, 1.54) is 5.56 Å². The van der Waals surface area contributed by atoms with Gasteiger partial charge in [-0.2, -0.15) is 11.8 Å². The van der Waals surface area contributed by atoms with E-state index in [-0.39, 0.29) is 12.2 Å². The molecular weight excluding hydrogens is 232 g/mol. The average Bonchev–Trinajstić information content (AvgIpc) is 2.41. The summed E-state index contributed by atoms with van der Waals surface area (Å²) in [5.41, 5.74) is 1.35. The van der Waals surface area contributed by atoms with Gasteiger partial charge in [-0.05, 0) is 24.8 Å². The number of thioether (sulfide) groups is 1. The third kappa shape index (κ3) is 4.34. The molecule has 1 aliphatic rings. The monoisotopic (exact) mass is 252 g/mol. The molecule has 2 atom stereocenters. The Balaban J connectivity index is 1.67. The van der Waals surface area contributed by atoms with Gasteiger partial charge in [0, 0.05) is 11.5 Å². The van der Waals surface area contributed by atoms with Gasteiger partial charge in [0.2, 0.25) is 0 Å². The molecule has 1 N–H and O–H groups in total. The Kier molecular flexibility index (Phi) is 5.36. The maximum absolute atomic E-state index is 10.0. The minimum absolute atomic E-state index is 0.0459. The quantitative estimate of drug-likeness (QED) is 0.873. The number of rotatable bonds is 5. The molecule has 0 bridgehead atoms. The summed E-state index contributed by atoms with van der Waals surface area (Å²) >= 11 is 1.88. The lowest BCUT2D eigenvalue weighted by atomic mass is 10.0. The second-order valence-electron chi connectivity index (χ2n) is 4.43. The second kappa shape index (κ2) is 7.04. The molecule has 94 valence electrons. The van der Waals surface area contributed by atoms with E-state index in [0.717, 1.165) is 37.4 Å². The minimum atomic E-state index is -0.300. The van der Waals surface area contributed by atoms with Gasteiger partial charge in [0.25, 0.3) is 0 Å². The van der Waals surface area contributed by atoms with Crippen molar-refractivity contribution in [1.82, 2.24) is 0 Å². The summed E-state index contributed by atoms with van der Waals surface area (Å²) in [6.45, 7) is 0.783. The zero-order valence-corrected chi connectivity index (χ0v) is 10.9. The highest BCUT2D eigenvalue weighted by Crippen LogP contribution is 2.18. The molecule has 0 saturated carbocycles. The van der Waals surface area contributed by atoms with Crippen LogP contribution < -0.4 is 0 Å². The Morgan fingerprint density at radius 3 is 2.88 bits per heavy atom. The molecule has 1 aromatic carbocycles. The van der Waals surface area contributed by atoms with Crippen molar-refractivity contribution in [3.8, 4) is 0 Å². The standard InChI is InChI=1S/C14H20O2S/c15-13(14-11-17-10-9-16-14)8-4-7-12-5-2-1-3-6-12/h1-3,5-6,13-15H,4,7-11H2. The van der Waals surface area contributed by atoms with Gasteiger partial charge in [-0.15, -0.1) is 0 Å². The van der Waals surface area contributed by atoms with Crippen molar-refractivity contribution in [2.24, 2.45) is 0 Å². The third-order valence-corrected chi connectivity index (χ3v) is 4.10. The zero-order valence-electron chi connectivity index (χ0n) is 10.0. The second-order valence-corrected chi connectivity index (χ2v) is 5.58. The lowest BCUT2D eigenvalue weighted by Crippen LogP contribution is -2.35. The van der Waals surface area contributed by atoms with Gasteiger partial charge in [0.05, 0.1) is 18.8 Å². The molecule has 2 nitrogen and oxygen atoms in total. The van der Waals surface area contributed by atoms with Crippen LogP contribution in [0.15, 0.2) is 30.3 Å². The normalized spacial score (nSPS) is 22.3. The molecule has 2 rings (SSSR count). The molecule has 0 radical (unpaired) electrons. The average molecular weight is 252 g/mol. The summed E-state index contributed by atoms with van der Waals surface area (Å²) in [6, 6.07) is 10.4. The summed E-state index contributed by atoms with van der Waals surface area (Å²) in [6.07, 6.45) is 2.64. The number of aliphatic hydroxyl groups excluding tert-OH is 1. The Labute approximate surface area is 107 Å². The van der Waals surface area contributed by atoms with Crippen molar-refractivity contribution in [3.63, 3.8) is 0 Å². The van der Waals surface area contributed by atoms with Gasteiger partial charge in [-0.1, -0.05) is 30.3 Å². The van der Waals surface area contributed by atoms with E-state index in [9.17, 15) is 5.11 Å². The molecule has 1 heterocycles. The fourth-order valence-corrected chi connectivity index (χ4v) is 3.01. The van der Waals surface area contributed by atoms with E-state index in [4.69, 9.17) is 4.74 Å². The molecule has 1 saturated heterocycles. The molecule has 0 amide bonds. The van der Waals surface area contributed by atoms with Crippen LogP contribution in [0.4, 0.5) is 0 Å². The molecule has 3 heteroatoms. The predicted octanol–water partition coefficient (Wildman–Crippen LogP) is 2.50. The van der Waals surface area contributed by atoms with Crippen LogP contribution in [-0.4, -0.2) is 35.4 Å². The van der Waals surface area contributed by atoms with Crippen molar-refractivity contribution in [1.29, 1.82) is 0 Å². The molecule has 2 unspecified atom stereocenters. The fraction of sp³-hybridized carbons (Fsp3) is 0.571. The zero-order chi connectivity index (χ0) is 11.9. The molecule has 0 spiro atoms. The molecule has 17 heavy (non-hydrogen) atoms. The molecule has 1 aliphatic heterocycles. The lowest BCUT2D eigenvalue weighted by Gasteiger charge is -2.26. The van der Waals surface area contributed by atoms with E-state index in [1.807, 2.05) is 17.8 Å². The summed E-state index contributed by atoms with van der Waals surface area (Å²) in [4.78, 5) is 0. The van der Waals surface area contributed by atoms with Crippen LogP contribution in [0.3, 0.4) is 0 Å². The third-order valence-electron chi connectivity index (χ3n) is 3.08. The first kappa shape index (κ1) is 12.9. The van der Waals surface area contributed by atoms with E-state index < -0.39 is 0 Å². The Hall–Kier alpha value is -0.510. The molecule has 0 aromatic heterocycles. The first-order chi connectivity index (χ1) is 8.36. The molecular formula is C14H20O2S.